The summed E-state index contributed by atoms with van der Waals surface area (Å²) in [6, 6.07) is 11.5. The average Bonchev–Trinajstić information content (AvgIpc) is 3.48. The fourth-order valence-electron chi connectivity index (χ4n) is 6.06. The molecule has 9 heteroatoms. The zero-order valence-corrected chi connectivity index (χ0v) is 17.2. The lowest BCUT2D eigenvalue weighted by molar-refractivity contribution is -0.137. The van der Waals surface area contributed by atoms with E-state index in [1.54, 1.807) is 12.1 Å². The SMILES string of the molecule is O=C1[C@@H]2[C@H]3C[C@H]([C@H]4ON=C(c5ccc(Cl)cc5)[C@@H]34)[C@@H]2C(=O)N1c1cccc(C(F)(F)F)c1. The van der Waals surface area contributed by atoms with Gasteiger partial charge < -0.3 is 4.84 Å². The zero-order chi connectivity index (χ0) is 22.4. The lowest BCUT2D eigenvalue weighted by atomic mass is 9.71. The molecule has 164 valence electrons. The highest BCUT2D eigenvalue weighted by Gasteiger charge is 2.70. The van der Waals surface area contributed by atoms with Gasteiger partial charge in [0.2, 0.25) is 11.8 Å². The lowest BCUT2D eigenvalue weighted by Crippen LogP contribution is -2.41. The van der Waals surface area contributed by atoms with Crippen LogP contribution < -0.4 is 4.90 Å². The van der Waals surface area contributed by atoms with Crippen LogP contribution in [0.2, 0.25) is 5.02 Å². The Morgan fingerprint density at radius 2 is 1.66 bits per heavy atom. The largest absolute Gasteiger partial charge is 0.416 e. The van der Waals surface area contributed by atoms with Gasteiger partial charge in [-0.2, -0.15) is 13.2 Å². The van der Waals surface area contributed by atoms with Crippen LogP contribution in [0.1, 0.15) is 17.5 Å². The van der Waals surface area contributed by atoms with Gasteiger partial charge in [-0.3, -0.25) is 14.5 Å². The van der Waals surface area contributed by atoms with Gasteiger partial charge in [-0.1, -0.05) is 35.0 Å². The Morgan fingerprint density at radius 1 is 0.969 bits per heavy atom. The predicted molar refractivity (Wildman–Crippen MR) is 109 cm³/mol. The summed E-state index contributed by atoms with van der Waals surface area (Å²) < 4.78 is 39.5. The Bertz CT molecular complexity index is 1180. The van der Waals surface area contributed by atoms with Gasteiger partial charge in [0.1, 0.15) is 6.10 Å². The number of anilines is 1. The van der Waals surface area contributed by atoms with Gasteiger partial charge in [0.25, 0.3) is 0 Å². The summed E-state index contributed by atoms with van der Waals surface area (Å²) in [5.74, 6) is -2.55. The molecular formula is C23H16ClF3N2O3. The standard InChI is InChI=1S/C23H16ClF3N2O3/c24-12-6-4-10(5-7-12)19-18-14-9-15(20(18)32-28-19)17-16(14)21(30)29(22(17)31)13-3-1-2-11(8-13)23(25,26)27/h1-8,14-18,20H,9H2/t14-,15+,16-,17+,18-,20-/m1/s1. The maximum atomic E-state index is 13.4. The van der Waals surface area contributed by atoms with Crippen molar-refractivity contribution in [3.8, 4) is 0 Å². The van der Waals surface area contributed by atoms with Crippen LogP contribution in [0.15, 0.2) is 53.7 Å². The summed E-state index contributed by atoms with van der Waals surface area (Å²) >= 11 is 5.99. The smallest absolute Gasteiger partial charge is 0.391 e. The van der Waals surface area contributed by atoms with E-state index in [0.29, 0.717) is 11.4 Å². The molecule has 2 aliphatic carbocycles. The third-order valence-corrected chi connectivity index (χ3v) is 7.51. The highest BCUT2D eigenvalue weighted by Crippen LogP contribution is 2.62. The summed E-state index contributed by atoms with van der Waals surface area (Å²) in [5, 5.41) is 4.86. The summed E-state index contributed by atoms with van der Waals surface area (Å²) in [6.45, 7) is 0. The van der Waals surface area contributed by atoms with E-state index in [-0.39, 0.29) is 29.5 Å². The molecule has 3 fully saturated rings. The van der Waals surface area contributed by atoms with Crippen LogP contribution in [0.5, 0.6) is 0 Å². The molecule has 2 amide bonds. The molecule has 0 spiro atoms. The van der Waals surface area contributed by atoms with Crippen molar-refractivity contribution in [2.75, 3.05) is 4.90 Å². The third-order valence-electron chi connectivity index (χ3n) is 7.26. The van der Waals surface area contributed by atoms with Crippen LogP contribution in [-0.2, 0) is 20.6 Å². The van der Waals surface area contributed by atoms with Crippen LogP contribution in [0, 0.1) is 29.6 Å². The summed E-state index contributed by atoms with van der Waals surface area (Å²) in [5.41, 5.74) is 0.641. The minimum atomic E-state index is -4.56. The molecule has 1 saturated heterocycles. The Kier molecular flexibility index (Phi) is 4.06. The quantitative estimate of drug-likeness (QED) is 0.618. The number of fused-ring (bicyclic) bond motifs is 8. The first-order valence-electron chi connectivity index (χ1n) is 10.3. The van der Waals surface area contributed by atoms with Crippen LogP contribution in [0.25, 0.3) is 0 Å². The monoisotopic (exact) mass is 460 g/mol. The molecule has 6 rings (SSSR count). The van der Waals surface area contributed by atoms with Crippen LogP contribution >= 0.6 is 11.6 Å². The van der Waals surface area contributed by atoms with E-state index >= 15 is 0 Å². The second kappa shape index (κ2) is 6.57. The van der Waals surface area contributed by atoms with E-state index in [0.717, 1.165) is 28.3 Å². The van der Waals surface area contributed by atoms with Crippen molar-refractivity contribution in [2.24, 2.45) is 34.7 Å². The molecule has 0 unspecified atom stereocenters. The first kappa shape index (κ1) is 19.8. The van der Waals surface area contributed by atoms with Crippen LogP contribution in [0.4, 0.5) is 18.9 Å². The van der Waals surface area contributed by atoms with Gasteiger partial charge in [-0.05, 0) is 48.2 Å². The maximum absolute atomic E-state index is 13.4. The highest BCUT2D eigenvalue weighted by molar-refractivity contribution is 6.30. The molecule has 0 radical (unpaired) electrons. The molecule has 6 atom stereocenters. The Morgan fingerprint density at radius 3 is 2.34 bits per heavy atom. The number of oxime groups is 1. The molecule has 5 nitrogen and oxygen atoms in total. The number of carbonyl (C=O) groups excluding carboxylic acids is 2. The Hall–Kier alpha value is -2.87. The molecule has 2 heterocycles. The summed E-state index contributed by atoms with van der Waals surface area (Å²) in [4.78, 5) is 33.3. The molecule has 2 aromatic carbocycles. The lowest BCUT2D eigenvalue weighted by Gasteiger charge is -2.29. The van der Waals surface area contributed by atoms with Gasteiger partial charge in [0.05, 0.1) is 28.8 Å². The van der Waals surface area contributed by atoms with E-state index in [1.165, 1.54) is 12.1 Å². The average molecular weight is 461 g/mol. The Labute approximate surface area is 185 Å². The molecule has 2 bridgehead atoms. The molecule has 0 aromatic heterocycles. The number of alkyl halides is 3. The molecule has 0 N–H and O–H groups in total. The van der Waals surface area contributed by atoms with E-state index in [1.807, 2.05) is 12.1 Å². The van der Waals surface area contributed by atoms with Crippen molar-refractivity contribution < 1.29 is 27.6 Å². The number of imide groups is 1. The number of nitrogens with zero attached hydrogens (tertiary/aromatic N) is 2. The minimum absolute atomic E-state index is 0.0405. The molecule has 2 aliphatic heterocycles. The number of halogens is 4. The molecule has 2 aromatic rings. The zero-order valence-electron chi connectivity index (χ0n) is 16.4. The summed E-state index contributed by atoms with van der Waals surface area (Å²) in [7, 11) is 0. The van der Waals surface area contributed by atoms with E-state index in [4.69, 9.17) is 16.4 Å². The third kappa shape index (κ3) is 2.62. The molecule has 32 heavy (non-hydrogen) atoms. The van der Waals surface area contributed by atoms with E-state index < -0.39 is 35.4 Å². The van der Waals surface area contributed by atoms with Crippen LogP contribution in [-0.4, -0.2) is 23.6 Å². The first-order chi connectivity index (χ1) is 15.3. The first-order valence-corrected chi connectivity index (χ1v) is 10.7. The molecule has 4 aliphatic rings. The van der Waals surface area contributed by atoms with Crippen molar-refractivity contribution in [3.05, 3.63) is 64.7 Å². The minimum Gasteiger partial charge on any atom is -0.391 e. The van der Waals surface area contributed by atoms with Gasteiger partial charge in [-0.15, -0.1) is 0 Å². The number of benzene rings is 2. The van der Waals surface area contributed by atoms with Gasteiger partial charge in [-0.25, -0.2) is 0 Å². The van der Waals surface area contributed by atoms with Gasteiger partial charge in [0.15, 0.2) is 0 Å². The van der Waals surface area contributed by atoms with Gasteiger partial charge in [0, 0.05) is 16.9 Å². The highest BCUT2D eigenvalue weighted by atomic mass is 35.5. The van der Waals surface area contributed by atoms with Gasteiger partial charge >= 0.3 is 6.18 Å². The molecular weight excluding hydrogens is 445 g/mol. The van der Waals surface area contributed by atoms with Crippen LogP contribution in [0.3, 0.4) is 0 Å². The second-order valence-electron chi connectivity index (χ2n) is 8.75. The summed E-state index contributed by atoms with van der Waals surface area (Å²) in [6.07, 6.45) is -4.22. The van der Waals surface area contributed by atoms with Crippen molar-refractivity contribution in [3.63, 3.8) is 0 Å². The fourth-order valence-corrected chi connectivity index (χ4v) is 6.19. The van der Waals surface area contributed by atoms with E-state index in [9.17, 15) is 22.8 Å². The fraction of sp³-hybridized carbons (Fsp3) is 0.348. The van der Waals surface area contributed by atoms with Crippen molar-refractivity contribution in [1.82, 2.24) is 0 Å². The number of carbonyl (C=O) groups is 2. The number of hydrogen-bond donors (Lipinski definition) is 0. The normalized spacial score (nSPS) is 32.8. The number of rotatable bonds is 2. The number of hydrogen-bond acceptors (Lipinski definition) is 4. The number of amides is 2. The van der Waals surface area contributed by atoms with Crippen molar-refractivity contribution in [1.29, 1.82) is 0 Å². The second-order valence-corrected chi connectivity index (χ2v) is 9.19. The topological polar surface area (TPSA) is 59.0 Å². The van der Waals surface area contributed by atoms with Crippen molar-refractivity contribution in [2.45, 2.75) is 18.7 Å². The van der Waals surface area contributed by atoms with E-state index in [2.05, 4.69) is 5.16 Å². The molecule has 2 saturated carbocycles. The van der Waals surface area contributed by atoms with Crippen molar-refractivity contribution >= 4 is 34.8 Å². The Balaban J connectivity index is 1.34. The maximum Gasteiger partial charge on any atom is 0.416 e. The predicted octanol–water partition coefficient (Wildman–Crippen LogP) is 4.53.